The Morgan fingerprint density at radius 3 is 2.74 bits per heavy atom. The molecule has 1 aromatic carbocycles. The predicted molar refractivity (Wildman–Crippen MR) is 105 cm³/mol. The second-order valence-corrected chi connectivity index (χ2v) is 7.87. The van der Waals surface area contributed by atoms with Crippen LogP contribution in [0.5, 0.6) is 0 Å². The number of likely N-dealkylation sites (tertiary alicyclic amines) is 1. The first-order chi connectivity index (χ1) is 13.1. The molecule has 1 spiro atoms. The summed E-state index contributed by atoms with van der Waals surface area (Å²) in [5, 5.41) is 9.44. The quantitative estimate of drug-likeness (QED) is 0.698. The highest BCUT2D eigenvalue weighted by Gasteiger charge is 2.42. The number of hydrogen-bond donors (Lipinski definition) is 2. The van der Waals surface area contributed by atoms with Gasteiger partial charge in [-0.1, -0.05) is 18.2 Å². The molecule has 2 aromatic heterocycles. The molecule has 1 amide bonds. The first-order valence-corrected chi connectivity index (χ1v) is 9.72. The Morgan fingerprint density at radius 1 is 1.22 bits per heavy atom. The first-order valence-electron chi connectivity index (χ1n) is 9.72. The van der Waals surface area contributed by atoms with Gasteiger partial charge in [0.2, 0.25) is 0 Å². The Labute approximate surface area is 158 Å². The Bertz CT molecular complexity index is 1020. The molecule has 6 nitrogen and oxygen atoms in total. The first kappa shape index (κ1) is 16.6. The van der Waals surface area contributed by atoms with Crippen LogP contribution in [0.2, 0.25) is 0 Å². The van der Waals surface area contributed by atoms with Crippen LogP contribution in [0, 0.1) is 6.92 Å². The van der Waals surface area contributed by atoms with Gasteiger partial charge >= 0.3 is 0 Å². The van der Waals surface area contributed by atoms with Crippen molar-refractivity contribution in [1.29, 1.82) is 0 Å². The third kappa shape index (κ3) is 2.51. The zero-order chi connectivity index (χ0) is 18.6. The summed E-state index contributed by atoms with van der Waals surface area (Å²) in [5.74, 6) is 0.0839. The van der Waals surface area contributed by atoms with Crippen molar-refractivity contribution in [2.45, 2.75) is 31.7 Å². The lowest BCUT2D eigenvalue weighted by molar-refractivity contribution is 0.0616. The van der Waals surface area contributed by atoms with Crippen molar-refractivity contribution >= 4 is 16.8 Å². The maximum Gasteiger partial charge on any atom is 0.272 e. The molecule has 0 saturated carbocycles. The van der Waals surface area contributed by atoms with E-state index in [9.17, 15) is 4.79 Å². The van der Waals surface area contributed by atoms with E-state index in [-0.39, 0.29) is 11.4 Å². The second kappa shape index (κ2) is 5.96. The van der Waals surface area contributed by atoms with E-state index in [1.165, 1.54) is 22.2 Å². The monoisotopic (exact) mass is 363 g/mol. The molecule has 0 unspecified atom stereocenters. The maximum atomic E-state index is 12.9. The maximum absolute atomic E-state index is 12.9. The number of carbonyl (C=O) groups excluding carboxylic acids is 1. The van der Waals surface area contributed by atoms with Gasteiger partial charge < -0.3 is 15.2 Å². The standard InChI is InChI=1S/C21H25N5O/c1-14-13-18(25(2)24-14)20(27)26-11-8-21(9-12-26)19-16(7-10-22-21)15-5-3-4-6-17(15)23-19/h3-6,13,22-23H,7-12H2,1-2H3. The third-order valence-corrected chi connectivity index (χ3v) is 6.26. The van der Waals surface area contributed by atoms with Crippen LogP contribution in [0.3, 0.4) is 0 Å². The Balaban J connectivity index is 1.42. The SMILES string of the molecule is Cc1cc(C(=O)N2CCC3(CC2)NCCc2c3[nH]c3ccccc23)n(C)n1. The average Bonchev–Trinajstić information content (AvgIpc) is 3.22. The summed E-state index contributed by atoms with van der Waals surface area (Å²) in [6, 6.07) is 10.4. The lowest BCUT2D eigenvalue weighted by Gasteiger charge is -2.44. The number of amides is 1. The van der Waals surface area contributed by atoms with Crippen LogP contribution in [-0.4, -0.2) is 45.2 Å². The van der Waals surface area contributed by atoms with Crippen LogP contribution >= 0.6 is 0 Å². The summed E-state index contributed by atoms with van der Waals surface area (Å²) in [7, 11) is 1.84. The van der Waals surface area contributed by atoms with E-state index < -0.39 is 0 Å². The smallest absolute Gasteiger partial charge is 0.272 e. The van der Waals surface area contributed by atoms with Gasteiger partial charge in [0.05, 0.1) is 11.2 Å². The highest BCUT2D eigenvalue weighted by atomic mass is 16.2. The number of para-hydroxylation sites is 1. The molecular formula is C21H25N5O. The number of benzene rings is 1. The number of hydrogen-bond acceptors (Lipinski definition) is 3. The van der Waals surface area contributed by atoms with Crippen LogP contribution in [0.4, 0.5) is 0 Å². The molecule has 1 saturated heterocycles. The van der Waals surface area contributed by atoms with Gasteiger partial charge in [-0.2, -0.15) is 5.10 Å². The van der Waals surface area contributed by atoms with Crippen molar-refractivity contribution in [3.63, 3.8) is 0 Å². The molecule has 0 bridgehead atoms. The molecule has 2 aliphatic rings. The van der Waals surface area contributed by atoms with E-state index in [0.717, 1.165) is 44.6 Å². The van der Waals surface area contributed by atoms with E-state index in [1.54, 1.807) is 4.68 Å². The van der Waals surface area contributed by atoms with Gasteiger partial charge in [0.15, 0.2) is 0 Å². The molecule has 0 aliphatic carbocycles. The Morgan fingerprint density at radius 2 is 2.00 bits per heavy atom. The minimum Gasteiger partial charge on any atom is -0.357 e. The van der Waals surface area contributed by atoms with Crippen LogP contribution in [0.15, 0.2) is 30.3 Å². The molecule has 2 N–H and O–H groups in total. The van der Waals surface area contributed by atoms with Gasteiger partial charge in [-0.05, 0) is 43.9 Å². The lowest BCUT2D eigenvalue weighted by atomic mass is 9.79. The van der Waals surface area contributed by atoms with Crippen LogP contribution < -0.4 is 5.32 Å². The summed E-state index contributed by atoms with van der Waals surface area (Å²) in [6.07, 6.45) is 2.91. The van der Waals surface area contributed by atoms with Gasteiger partial charge in [-0.25, -0.2) is 0 Å². The van der Waals surface area contributed by atoms with E-state index >= 15 is 0 Å². The van der Waals surface area contributed by atoms with Gasteiger partial charge in [0.1, 0.15) is 5.69 Å². The largest absolute Gasteiger partial charge is 0.357 e. The number of fused-ring (bicyclic) bond motifs is 4. The minimum absolute atomic E-state index is 0.0498. The average molecular weight is 363 g/mol. The summed E-state index contributed by atoms with van der Waals surface area (Å²) in [6.45, 7) is 4.42. The van der Waals surface area contributed by atoms with Crippen LogP contribution in [-0.2, 0) is 19.0 Å². The van der Waals surface area contributed by atoms with Crippen molar-refractivity contribution < 1.29 is 4.79 Å². The fourth-order valence-corrected chi connectivity index (χ4v) is 4.87. The van der Waals surface area contributed by atoms with Gasteiger partial charge in [0.25, 0.3) is 5.91 Å². The lowest BCUT2D eigenvalue weighted by Crippen LogP contribution is -2.55. The number of nitrogens with one attached hydrogen (secondary N) is 2. The van der Waals surface area contributed by atoms with E-state index in [2.05, 4.69) is 39.7 Å². The third-order valence-electron chi connectivity index (χ3n) is 6.26. The van der Waals surface area contributed by atoms with Crippen molar-refractivity contribution in [2.75, 3.05) is 19.6 Å². The minimum atomic E-state index is -0.0498. The molecule has 3 aromatic rings. The zero-order valence-corrected chi connectivity index (χ0v) is 15.9. The van der Waals surface area contributed by atoms with E-state index in [1.807, 2.05) is 24.9 Å². The number of rotatable bonds is 1. The Hall–Kier alpha value is -2.60. The molecule has 140 valence electrons. The summed E-state index contributed by atoms with van der Waals surface area (Å²) < 4.78 is 1.69. The van der Waals surface area contributed by atoms with Crippen molar-refractivity contribution in [3.05, 3.63) is 53.0 Å². The number of aryl methyl sites for hydroxylation is 2. The van der Waals surface area contributed by atoms with Gasteiger partial charge in [-0.3, -0.25) is 9.48 Å². The molecule has 0 atom stereocenters. The van der Waals surface area contributed by atoms with E-state index in [0.29, 0.717) is 5.69 Å². The molecule has 0 radical (unpaired) electrons. The second-order valence-electron chi connectivity index (χ2n) is 7.87. The molecule has 2 aliphatic heterocycles. The fraction of sp³-hybridized carbons (Fsp3) is 0.429. The molecule has 1 fully saturated rings. The summed E-state index contributed by atoms with van der Waals surface area (Å²) in [5.41, 5.74) is 5.50. The number of nitrogens with zero attached hydrogens (tertiary/aromatic N) is 3. The van der Waals surface area contributed by atoms with Gasteiger partial charge in [0, 0.05) is 43.3 Å². The number of H-pyrrole nitrogens is 1. The predicted octanol–water partition coefficient (Wildman–Crippen LogP) is 2.49. The molecule has 5 rings (SSSR count). The molecule has 6 heteroatoms. The number of aromatic nitrogens is 3. The normalized spacial score (nSPS) is 18.8. The van der Waals surface area contributed by atoms with Crippen molar-refractivity contribution in [1.82, 2.24) is 25.0 Å². The highest BCUT2D eigenvalue weighted by Crippen LogP contribution is 2.40. The summed E-state index contributed by atoms with van der Waals surface area (Å²) >= 11 is 0. The molecule has 27 heavy (non-hydrogen) atoms. The van der Waals surface area contributed by atoms with Crippen molar-refractivity contribution in [3.8, 4) is 0 Å². The topological polar surface area (TPSA) is 66.0 Å². The Kier molecular flexibility index (Phi) is 3.65. The van der Waals surface area contributed by atoms with E-state index in [4.69, 9.17) is 0 Å². The molecular weight excluding hydrogens is 338 g/mol. The zero-order valence-electron chi connectivity index (χ0n) is 15.9. The van der Waals surface area contributed by atoms with Crippen LogP contribution in [0.1, 0.15) is 40.3 Å². The van der Waals surface area contributed by atoms with Gasteiger partial charge in [-0.15, -0.1) is 0 Å². The number of aromatic amines is 1. The number of carbonyl (C=O) groups is 1. The van der Waals surface area contributed by atoms with Crippen LogP contribution in [0.25, 0.3) is 10.9 Å². The highest BCUT2D eigenvalue weighted by molar-refractivity contribution is 5.93. The summed E-state index contributed by atoms with van der Waals surface area (Å²) in [4.78, 5) is 18.6. The van der Waals surface area contributed by atoms with Crippen molar-refractivity contribution in [2.24, 2.45) is 7.05 Å². The number of piperidine rings is 1. The fourth-order valence-electron chi connectivity index (χ4n) is 4.87. The molecule has 4 heterocycles.